The smallest absolute Gasteiger partial charge is 0.306 e. The van der Waals surface area contributed by atoms with Gasteiger partial charge in [-0.2, -0.15) is 0 Å². The normalized spacial score (nSPS) is 17.6. The van der Waals surface area contributed by atoms with Crippen LogP contribution in [-0.2, 0) is 19.9 Å². The lowest BCUT2D eigenvalue weighted by Crippen LogP contribution is -2.53. The van der Waals surface area contributed by atoms with E-state index in [0.717, 1.165) is 25.7 Å². The van der Waals surface area contributed by atoms with E-state index in [1.54, 1.807) is 38.1 Å². The van der Waals surface area contributed by atoms with Crippen LogP contribution in [0.2, 0.25) is 0 Å². The Hall–Kier alpha value is -2.57. The topological polar surface area (TPSA) is 105 Å². The van der Waals surface area contributed by atoms with E-state index >= 15 is 0 Å². The molecule has 148 valence electrons. The first-order chi connectivity index (χ1) is 12.7. The van der Waals surface area contributed by atoms with Crippen molar-refractivity contribution >= 4 is 17.8 Å². The molecule has 2 atom stereocenters. The Morgan fingerprint density at radius 3 is 2.56 bits per heavy atom. The minimum absolute atomic E-state index is 0.0379. The molecule has 3 N–H and O–H groups in total. The van der Waals surface area contributed by atoms with Gasteiger partial charge in [0.25, 0.3) is 0 Å². The van der Waals surface area contributed by atoms with Crippen LogP contribution in [0.25, 0.3) is 0 Å². The zero-order valence-electron chi connectivity index (χ0n) is 16.1. The summed E-state index contributed by atoms with van der Waals surface area (Å²) in [7, 11) is 1.52. The van der Waals surface area contributed by atoms with Crippen LogP contribution in [0.15, 0.2) is 24.3 Å². The highest BCUT2D eigenvalue weighted by Gasteiger charge is 2.34. The van der Waals surface area contributed by atoms with Crippen molar-refractivity contribution in [2.45, 2.75) is 57.5 Å². The minimum Gasteiger partial charge on any atom is -0.497 e. The molecule has 1 aliphatic carbocycles. The number of amides is 2. The van der Waals surface area contributed by atoms with Gasteiger partial charge in [0.15, 0.2) is 0 Å². The second kappa shape index (κ2) is 8.88. The number of methoxy groups -OCH3 is 1. The van der Waals surface area contributed by atoms with Gasteiger partial charge in [-0.25, -0.2) is 0 Å². The van der Waals surface area contributed by atoms with Crippen LogP contribution in [0.5, 0.6) is 5.75 Å². The standard InChI is InChI=1S/C20H28N2O5/c1-13(21-19(26)14-7-4-5-8-14)18(25)22-20(2,12-17(23)24)15-9-6-10-16(11-15)27-3/h6,9-11,13-14H,4-5,7-8,12H2,1-3H3,(H,21,26)(H,22,25)(H,23,24). The number of hydrogen-bond donors (Lipinski definition) is 3. The Labute approximate surface area is 159 Å². The number of hydrogen-bond acceptors (Lipinski definition) is 4. The van der Waals surface area contributed by atoms with Crippen LogP contribution in [0, 0.1) is 5.92 Å². The highest BCUT2D eigenvalue weighted by atomic mass is 16.5. The molecule has 0 spiro atoms. The molecule has 2 unspecified atom stereocenters. The summed E-state index contributed by atoms with van der Waals surface area (Å²) < 4.78 is 5.20. The molecule has 2 amide bonds. The van der Waals surface area contributed by atoms with Crippen molar-refractivity contribution < 1.29 is 24.2 Å². The first kappa shape index (κ1) is 20.7. The summed E-state index contributed by atoms with van der Waals surface area (Å²) in [4.78, 5) is 36.3. The predicted molar refractivity (Wildman–Crippen MR) is 100 cm³/mol. The lowest BCUT2D eigenvalue weighted by Gasteiger charge is -2.32. The Bertz CT molecular complexity index is 699. The van der Waals surface area contributed by atoms with Gasteiger partial charge < -0.3 is 20.5 Å². The average molecular weight is 376 g/mol. The summed E-state index contributed by atoms with van der Waals surface area (Å²) in [5.41, 5.74) is -0.518. The van der Waals surface area contributed by atoms with Gasteiger partial charge in [-0.15, -0.1) is 0 Å². The SMILES string of the molecule is COc1cccc(C(C)(CC(=O)O)NC(=O)C(C)NC(=O)C2CCCC2)c1. The molecule has 1 aromatic carbocycles. The summed E-state index contributed by atoms with van der Waals surface area (Å²) in [5, 5.41) is 14.9. The van der Waals surface area contributed by atoms with Crippen LogP contribution in [0.4, 0.5) is 0 Å². The monoisotopic (exact) mass is 376 g/mol. The lowest BCUT2D eigenvalue weighted by molar-refractivity contribution is -0.139. The zero-order chi connectivity index (χ0) is 20.0. The third-order valence-corrected chi connectivity index (χ3v) is 5.09. The molecule has 0 radical (unpaired) electrons. The molecule has 1 aliphatic rings. The molecule has 1 saturated carbocycles. The van der Waals surface area contributed by atoms with E-state index in [1.807, 2.05) is 0 Å². The predicted octanol–water partition coefficient (Wildman–Crippen LogP) is 2.20. The Morgan fingerprint density at radius 2 is 1.96 bits per heavy atom. The van der Waals surface area contributed by atoms with Crippen molar-refractivity contribution in [1.82, 2.24) is 10.6 Å². The lowest BCUT2D eigenvalue weighted by atomic mass is 9.88. The highest BCUT2D eigenvalue weighted by Crippen LogP contribution is 2.28. The van der Waals surface area contributed by atoms with E-state index in [1.165, 1.54) is 7.11 Å². The number of rotatable bonds is 8. The van der Waals surface area contributed by atoms with Crippen LogP contribution in [-0.4, -0.2) is 36.0 Å². The fourth-order valence-corrected chi connectivity index (χ4v) is 3.45. The molecular formula is C20H28N2O5. The van der Waals surface area contributed by atoms with Crippen LogP contribution in [0.3, 0.4) is 0 Å². The average Bonchev–Trinajstić information content (AvgIpc) is 3.15. The van der Waals surface area contributed by atoms with Crippen molar-refractivity contribution in [3.05, 3.63) is 29.8 Å². The highest BCUT2D eigenvalue weighted by molar-refractivity contribution is 5.89. The van der Waals surface area contributed by atoms with Gasteiger partial charge >= 0.3 is 5.97 Å². The minimum atomic E-state index is -1.14. The number of carboxylic acids is 1. The van der Waals surface area contributed by atoms with Crippen molar-refractivity contribution in [2.75, 3.05) is 7.11 Å². The summed E-state index contributed by atoms with van der Waals surface area (Å²) >= 11 is 0. The second-order valence-corrected chi connectivity index (χ2v) is 7.34. The van der Waals surface area contributed by atoms with E-state index in [2.05, 4.69) is 10.6 Å². The zero-order valence-corrected chi connectivity index (χ0v) is 16.1. The fraction of sp³-hybridized carbons (Fsp3) is 0.550. The van der Waals surface area contributed by atoms with Crippen molar-refractivity contribution in [2.24, 2.45) is 5.92 Å². The number of aliphatic carboxylic acids is 1. The quantitative estimate of drug-likeness (QED) is 0.645. The van der Waals surface area contributed by atoms with Crippen molar-refractivity contribution in [3.63, 3.8) is 0 Å². The fourth-order valence-electron chi connectivity index (χ4n) is 3.45. The molecule has 1 fully saturated rings. The second-order valence-electron chi connectivity index (χ2n) is 7.34. The van der Waals surface area contributed by atoms with E-state index < -0.39 is 23.5 Å². The Kier molecular flexibility index (Phi) is 6.82. The molecule has 2 rings (SSSR count). The number of carbonyl (C=O) groups excluding carboxylic acids is 2. The number of ether oxygens (including phenoxy) is 1. The van der Waals surface area contributed by atoms with Crippen LogP contribution in [0.1, 0.15) is 51.5 Å². The molecule has 0 aliphatic heterocycles. The molecule has 0 saturated heterocycles. The van der Waals surface area contributed by atoms with Gasteiger partial charge in [0.2, 0.25) is 11.8 Å². The maximum atomic E-state index is 12.7. The number of carboxylic acid groups (broad SMARTS) is 1. The largest absolute Gasteiger partial charge is 0.497 e. The summed E-state index contributed by atoms with van der Waals surface area (Å²) in [5.74, 6) is -1.04. The molecule has 1 aromatic rings. The van der Waals surface area contributed by atoms with E-state index in [0.29, 0.717) is 11.3 Å². The van der Waals surface area contributed by atoms with Gasteiger partial charge in [0.1, 0.15) is 11.8 Å². The van der Waals surface area contributed by atoms with E-state index in [9.17, 15) is 19.5 Å². The van der Waals surface area contributed by atoms with Gasteiger partial charge in [-0.05, 0) is 44.4 Å². The third kappa shape index (κ3) is 5.45. The number of carbonyl (C=O) groups is 3. The number of benzene rings is 1. The van der Waals surface area contributed by atoms with E-state index in [4.69, 9.17) is 4.74 Å². The molecular weight excluding hydrogens is 348 g/mol. The maximum Gasteiger partial charge on any atom is 0.306 e. The van der Waals surface area contributed by atoms with Crippen LogP contribution < -0.4 is 15.4 Å². The van der Waals surface area contributed by atoms with Gasteiger partial charge in [-0.3, -0.25) is 14.4 Å². The summed E-state index contributed by atoms with van der Waals surface area (Å²) in [6, 6.07) is 6.18. The Balaban J connectivity index is 2.12. The summed E-state index contributed by atoms with van der Waals surface area (Å²) in [6.45, 7) is 3.26. The first-order valence-electron chi connectivity index (χ1n) is 9.24. The first-order valence-corrected chi connectivity index (χ1v) is 9.24. The van der Waals surface area contributed by atoms with Crippen molar-refractivity contribution in [1.29, 1.82) is 0 Å². The van der Waals surface area contributed by atoms with Gasteiger partial charge in [0.05, 0.1) is 19.1 Å². The third-order valence-electron chi connectivity index (χ3n) is 5.09. The maximum absolute atomic E-state index is 12.7. The molecule has 7 nitrogen and oxygen atoms in total. The van der Waals surface area contributed by atoms with Crippen LogP contribution >= 0.6 is 0 Å². The molecule has 0 heterocycles. The van der Waals surface area contributed by atoms with Gasteiger partial charge in [0, 0.05) is 5.92 Å². The summed E-state index contributed by atoms with van der Waals surface area (Å²) in [6.07, 6.45) is 3.47. The molecule has 7 heteroatoms. The Morgan fingerprint density at radius 1 is 1.30 bits per heavy atom. The van der Waals surface area contributed by atoms with E-state index in [-0.39, 0.29) is 18.2 Å². The van der Waals surface area contributed by atoms with Crippen molar-refractivity contribution in [3.8, 4) is 5.75 Å². The molecule has 27 heavy (non-hydrogen) atoms. The number of nitrogens with one attached hydrogen (secondary N) is 2. The molecule has 0 bridgehead atoms. The van der Waals surface area contributed by atoms with Gasteiger partial charge in [-0.1, -0.05) is 25.0 Å². The molecule has 0 aromatic heterocycles.